The molecule has 0 saturated carbocycles. The third-order valence-electron chi connectivity index (χ3n) is 4.06. The summed E-state index contributed by atoms with van der Waals surface area (Å²) >= 11 is 0. The van der Waals surface area contributed by atoms with Crippen molar-refractivity contribution in [1.82, 2.24) is 10.2 Å². The number of nitrogens with one attached hydrogen (secondary N) is 1. The van der Waals surface area contributed by atoms with Crippen molar-refractivity contribution in [3.63, 3.8) is 0 Å². The first-order valence-corrected chi connectivity index (χ1v) is 10.6. The largest absolute Gasteiger partial charge is 0.355 e. The Morgan fingerprint density at radius 1 is 0.962 bits per heavy atom. The Kier molecular flexibility index (Phi) is 6.97. The molecule has 2 aromatic rings. The standard InChI is InChI=1S/C19H28N4O2S/c1-5-13-23(14-6-2)19-12-11-18(20-21-19)22-26(24,25)17-9-7-16(8-10-17)15(3)4/h7-12,15H,5-6,13-14H2,1-4H3,(H,20,22). The van der Waals surface area contributed by atoms with Gasteiger partial charge in [-0.1, -0.05) is 39.8 Å². The van der Waals surface area contributed by atoms with Gasteiger partial charge in [-0.2, -0.15) is 0 Å². The van der Waals surface area contributed by atoms with E-state index in [1.165, 1.54) is 0 Å². The molecule has 0 atom stereocenters. The molecule has 0 aliphatic heterocycles. The second kappa shape index (κ2) is 8.98. The summed E-state index contributed by atoms with van der Waals surface area (Å²) in [5, 5.41) is 8.22. The zero-order valence-corrected chi connectivity index (χ0v) is 16.8. The lowest BCUT2D eigenvalue weighted by Crippen LogP contribution is -2.26. The van der Waals surface area contributed by atoms with Crippen molar-refractivity contribution in [3.8, 4) is 0 Å². The minimum Gasteiger partial charge on any atom is -0.355 e. The normalized spacial score (nSPS) is 11.6. The molecule has 1 heterocycles. The summed E-state index contributed by atoms with van der Waals surface area (Å²) in [5.74, 6) is 1.33. The molecular weight excluding hydrogens is 348 g/mol. The average molecular weight is 377 g/mol. The first kappa shape index (κ1) is 20.2. The number of aromatic nitrogens is 2. The number of benzene rings is 1. The molecule has 2 rings (SSSR count). The van der Waals surface area contributed by atoms with Gasteiger partial charge in [0, 0.05) is 13.1 Å². The number of hydrogen-bond donors (Lipinski definition) is 1. The SMILES string of the molecule is CCCN(CCC)c1ccc(NS(=O)(=O)c2ccc(C(C)C)cc2)nn1. The molecule has 0 aliphatic carbocycles. The zero-order chi connectivity index (χ0) is 19.2. The van der Waals surface area contributed by atoms with Crippen LogP contribution in [0.4, 0.5) is 11.6 Å². The summed E-state index contributed by atoms with van der Waals surface area (Å²) in [4.78, 5) is 2.36. The van der Waals surface area contributed by atoms with E-state index in [2.05, 4.69) is 47.5 Å². The van der Waals surface area contributed by atoms with Crippen molar-refractivity contribution in [2.45, 2.75) is 51.3 Å². The minimum absolute atomic E-state index is 0.214. The fourth-order valence-corrected chi connectivity index (χ4v) is 3.65. The maximum atomic E-state index is 12.5. The van der Waals surface area contributed by atoms with Crippen LogP contribution in [-0.4, -0.2) is 31.7 Å². The van der Waals surface area contributed by atoms with E-state index in [1.54, 1.807) is 24.3 Å². The summed E-state index contributed by atoms with van der Waals surface area (Å²) in [6, 6.07) is 10.4. The average Bonchev–Trinajstić information content (AvgIpc) is 2.62. The van der Waals surface area contributed by atoms with Crippen LogP contribution in [-0.2, 0) is 10.0 Å². The molecule has 0 saturated heterocycles. The Morgan fingerprint density at radius 3 is 2.04 bits per heavy atom. The Labute approximate surface area is 156 Å². The van der Waals surface area contributed by atoms with E-state index in [1.807, 2.05) is 12.1 Å². The third kappa shape index (κ3) is 5.17. The van der Waals surface area contributed by atoms with Crippen molar-refractivity contribution in [2.24, 2.45) is 0 Å². The first-order chi connectivity index (χ1) is 12.4. The van der Waals surface area contributed by atoms with E-state index in [9.17, 15) is 8.42 Å². The predicted octanol–water partition coefficient (Wildman–Crippen LogP) is 4.03. The number of nitrogens with zero attached hydrogens (tertiary/aromatic N) is 3. The van der Waals surface area contributed by atoms with Crippen LogP contribution >= 0.6 is 0 Å². The minimum atomic E-state index is -3.68. The highest BCUT2D eigenvalue weighted by atomic mass is 32.2. The third-order valence-corrected chi connectivity index (χ3v) is 5.43. The maximum Gasteiger partial charge on any atom is 0.263 e. The lowest BCUT2D eigenvalue weighted by molar-refractivity contribution is 0.601. The highest BCUT2D eigenvalue weighted by Crippen LogP contribution is 2.20. The van der Waals surface area contributed by atoms with Crippen molar-refractivity contribution in [3.05, 3.63) is 42.0 Å². The smallest absolute Gasteiger partial charge is 0.263 e. The number of anilines is 2. The van der Waals surface area contributed by atoms with Gasteiger partial charge in [0.2, 0.25) is 0 Å². The number of sulfonamides is 1. The number of hydrogen-bond acceptors (Lipinski definition) is 5. The Bertz CT molecular complexity index is 781. The van der Waals surface area contributed by atoms with Crippen molar-refractivity contribution in [2.75, 3.05) is 22.7 Å². The lowest BCUT2D eigenvalue weighted by atomic mass is 10.0. The van der Waals surface area contributed by atoms with Crippen LogP contribution < -0.4 is 9.62 Å². The van der Waals surface area contributed by atoms with E-state index in [4.69, 9.17) is 0 Å². The van der Waals surface area contributed by atoms with Gasteiger partial charge in [-0.15, -0.1) is 10.2 Å². The Morgan fingerprint density at radius 2 is 1.58 bits per heavy atom. The van der Waals surface area contributed by atoms with Crippen molar-refractivity contribution >= 4 is 21.7 Å². The fourth-order valence-electron chi connectivity index (χ4n) is 2.66. The molecule has 7 heteroatoms. The summed E-state index contributed by atoms with van der Waals surface area (Å²) < 4.78 is 27.5. The second-order valence-corrected chi connectivity index (χ2v) is 8.28. The molecular formula is C19H28N4O2S. The monoisotopic (exact) mass is 376 g/mol. The highest BCUT2D eigenvalue weighted by Gasteiger charge is 2.16. The van der Waals surface area contributed by atoms with Crippen LogP contribution in [0.25, 0.3) is 0 Å². The Balaban J connectivity index is 2.14. The topological polar surface area (TPSA) is 75.2 Å². The summed E-state index contributed by atoms with van der Waals surface area (Å²) in [5.41, 5.74) is 1.10. The van der Waals surface area contributed by atoms with Crippen molar-refractivity contribution < 1.29 is 8.42 Å². The quantitative estimate of drug-likeness (QED) is 0.715. The molecule has 0 amide bonds. The molecule has 0 spiro atoms. The van der Waals surface area contributed by atoms with Gasteiger partial charge in [0.05, 0.1) is 4.90 Å². The molecule has 0 bridgehead atoms. The molecule has 0 aliphatic rings. The van der Waals surface area contributed by atoms with Gasteiger partial charge in [0.15, 0.2) is 11.6 Å². The van der Waals surface area contributed by atoms with E-state index < -0.39 is 10.0 Å². The van der Waals surface area contributed by atoms with Crippen molar-refractivity contribution in [1.29, 1.82) is 0 Å². The van der Waals surface area contributed by atoms with E-state index >= 15 is 0 Å². The van der Waals surface area contributed by atoms with Gasteiger partial charge in [-0.05, 0) is 48.6 Å². The summed E-state index contributed by atoms with van der Waals surface area (Å²) in [6.45, 7) is 10.2. The van der Waals surface area contributed by atoms with Gasteiger partial charge in [-0.25, -0.2) is 8.42 Å². The van der Waals surface area contributed by atoms with Gasteiger partial charge in [-0.3, -0.25) is 4.72 Å². The molecule has 6 nitrogen and oxygen atoms in total. The number of rotatable bonds is 9. The fraction of sp³-hybridized carbons (Fsp3) is 0.474. The molecule has 1 aromatic carbocycles. The molecule has 26 heavy (non-hydrogen) atoms. The van der Waals surface area contributed by atoms with Gasteiger partial charge in [0.25, 0.3) is 10.0 Å². The zero-order valence-electron chi connectivity index (χ0n) is 15.9. The van der Waals surface area contributed by atoms with Crippen LogP contribution in [0, 0.1) is 0 Å². The van der Waals surface area contributed by atoms with Crippen LogP contribution in [0.3, 0.4) is 0 Å². The summed E-state index contributed by atoms with van der Waals surface area (Å²) in [6.07, 6.45) is 2.03. The van der Waals surface area contributed by atoms with Gasteiger partial charge >= 0.3 is 0 Å². The van der Waals surface area contributed by atoms with Crippen LogP contribution in [0.1, 0.15) is 52.0 Å². The lowest BCUT2D eigenvalue weighted by Gasteiger charge is -2.21. The Hall–Kier alpha value is -2.15. The maximum absolute atomic E-state index is 12.5. The van der Waals surface area contributed by atoms with Crippen LogP contribution in [0.2, 0.25) is 0 Å². The highest BCUT2D eigenvalue weighted by molar-refractivity contribution is 7.92. The molecule has 0 radical (unpaired) electrons. The molecule has 0 unspecified atom stereocenters. The predicted molar refractivity (Wildman–Crippen MR) is 106 cm³/mol. The molecule has 1 N–H and O–H groups in total. The van der Waals surface area contributed by atoms with Gasteiger partial charge in [0.1, 0.15) is 0 Å². The van der Waals surface area contributed by atoms with E-state index in [0.29, 0.717) is 5.92 Å². The molecule has 0 fully saturated rings. The molecule has 1 aromatic heterocycles. The van der Waals surface area contributed by atoms with Gasteiger partial charge < -0.3 is 4.90 Å². The van der Waals surface area contributed by atoms with E-state index in [-0.39, 0.29) is 10.7 Å². The first-order valence-electron chi connectivity index (χ1n) is 9.08. The second-order valence-electron chi connectivity index (χ2n) is 6.59. The van der Waals surface area contributed by atoms with Crippen LogP contribution in [0.15, 0.2) is 41.3 Å². The summed E-state index contributed by atoms with van der Waals surface area (Å²) in [7, 11) is -3.68. The molecule has 142 valence electrons. The van der Waals surface area contributed by atoms with Crippen LogP contribution in [0.5, 0.6) is 0 Å². The van der Waals surface area contributed by atoms with E-state index in [0.717, 1.165) is 37.3 Å².